The van der Waals surface area contributed by atoms with Gasteiger partial charge in [-0.2, -0.15) is 0 Å². The van der Waals surface area contributed by atoms with E-state index in [1.807, 2.05) is 18.2 Å². The van der Waals surface area contributed by atoms with Crippen LogP contribution in [0.3, 0.4) is 0 Å². The quantitative estimate of drug-likeness (QED) is 0.703. The topological polar surface area (TPSA) is 30.5 Å². The summed E-state index contributed by atoms with van der Waals surface area (Å²) in [6.45, 7) is 6.80. The summed E-state index contributed by atoms with van der Waals surface area (Å²) in [7, 11) is 1.71. The summed E-state index contributed by atoms with van der Waals surface area (Å²) in [6, 6.07) is 8.55. The summed E-state index contributed by atoms with van der Waals surface area (Å²) in [5.41, 5.74) is 1.15. The number of hydrogen-bond acceptors (Lipinski definition) is 3. The third-order valence-corrected chi connectivity index (χ3v) is 2.98. The lowest BCUT2D eigenvalue weighted by atomic mass is 10.1. The van der Waals surface area contributed by atoms with E-state index < -0.39 is 0 Å². The Morgan fingerprint density at radius 1 is 1.21 bits per heavy atom. The number of benzene rings is 1. The molecule has 1 unspecified atom stereocenters. The highest BCUT2D eigenvalue weighted by molar-refractivity contribution is 5.28. The van der Waals surface area contributed by atoms with Crippen LogP contribution in [0.5, 0.6) is 5.75 Å². The van der Waals surface area contributed by atoms with Crippen molar-refractivity contribution in [3.8, 4) is 5.75 Å². The van der Waals surface area contributed by atoms with Crippen molar-refractivity contribution in [2.75, 3.05) is 20.3 Å². The smallest absolute Gasteiger partial charge is 0.119 e. The van der Waals surface area contributed by atoms with E-state index in [0.29, 0.717) is 12.6 Å². The molecule has 0 amide bonds. The SMILES string of the molecule is CCCNC(CCC)COc1cccc(COC)c1. The van der Waals surface area contributed by atoms with Gasteiger partial charge in [0, 0.05) is 13.2 Å². The maximum atomic E-state index is 5.89. The molecule has 0 heterocycles. The first-order chi connectivity index (χ1) is 9.30. The highest BCUT2D eigenvalue weighted by atomic mass is 16.5. The molecular weight excluding hydrogens is 238 g/mol. The number of nitrogens with one attached hydrogen (secondary N) is 1. The molecular formula is C16H27NO2. The summed E-state index contributed by atoms with van der Waals surface area (Å²) in [6.07, 6.45) is 3.48. The molecule has 1 atom stereocenters. The second-order valence-electron chi connectivity index (χ2n) is 4.83. The van der Waals surface area contributed by atoms with Gasteiger partial charge in [-0.05, 0) is 37.1 Å². The molecule has 0 spiro atoms. The van der Waals surface area contributed by atoms with E-state index in [-0.39, 0.29) is 0 Å². The van der Waals surface area contributed by atoms with Crippen LogP contribution in [0.25, 0.3) is 0 Å². The molecule has 0 saturated heterocycles. The molecule has 0 radical (unpaired) electrons. The molecule has 1 aromatic carbocycles. The van der Waals surface area contributed by atoms with E-state index in [4.69, 9.17) is 9.47 Å². The molecule has 0 aliphatic rings. The van der Waals surface area contributed by atoms with Crippen molar-refractivity contribution in [3.05, 3.63) is 29.8 Å². The zero-order chi connectivity index (χ0) is 13.9. The van der Waals surface area contributed by atoms with E-state index in [2.05, 4.69) is 25.2 Å². The fraction of sp³-hybridized carbons (Fsp3) is 0.625. The van der Waals surface area contributed by atoms with Crippen molar-refractivity contribution in [3.63, 3.8) is 0 Å². The summed E-state index contributed by atoms with van der Waals surface area (Å²) in [5, 5.41) is 3.53. The Hall–Kier alpha value is -1.06. The fourth-order valence-corrected chi connectivity index (χ4v) is 2.03. The fourth-order valence-electron chi connectivity index (χ4n) is 2.03. The number of ether oxygens (including phenoxy) is 2. The lowest BCUT2D eigenvalue weighted by molar-refractivity contribution is 0.184. The predicted molar refractivity (Wildman–Crippen MR) is 79.6 cm³/mol. The van der Waals surface area contributed by atoms with Crippen LogP contribution < -0.4 is 10.1 Å². The minimum atomic E-state index is 0.441. The molecule has 19 heavy (non-hydrogen) atoms. The molecule has 0 saturated carbocycles. The van der Waals surface area contributed by atoms with Gasteiger partial charge in [-0.3, -0.25) is 0 Å². The van der Waals surface area contributed by atoms with Crippen molar-refractivity contribution in [1.82, 2.24) is 5.32 Å². The van der Waals surface area contributed by atoms with Crippen LogP contribution >= 0.6 is 0 Å². The van der Waals surface area contributed by atoms with Gasteiger partial charge in [0.05, 0.1) is 6.61 Å². The third-order valence-electron chi connectivity index (χ3n) is 2.98. The van der Waals surface area contributed by atoms with Gasteiger partial charge in [-0.25, -0.2) is 0 Å². The van der Waals surface area contributed by atoms with Gasteiger partial charge < -0.3 is 14.8 Å². The van der Waals surface area contributed by atoms with Gasteiger partial charge in [0.2, 0.25) is 0 Å². The second-order valence-corrected chi connectivity index (χ2v) is 4.83. The maximum absolute atomic E-state index is 5.89. The molecule has 108 valence electrons. The number of methoxy groups -OCH3 is 1. The van der Waals surface area contributed by atoms with E-state index in [9.17, 15) is 0 Å². The Balaban J connectivity index is 2.45. The molecule has 1 rings (SSSR count). The maximum Gasteiger partial charge on any atom is 0.119 e. The Labute approximate surface area is 117 Å². The van der Waals surface area contributed by atoms with E-state index in [1.54, 1.807) is 7.11 Å². The monoisotopic (exact) mass is 265 g/mol. The summed E-state index contributed by atoms with van der Waals surface area (Å²) in [5.74, 6) is 0.925. The van der Waals surface area contributed by atoms with Crippen LogP contribution in [0.15, 0.2) is 24.3 Å². The average Bonchev–Trinajstić information content (AvgIpc) is 2.43. The highest BCUT2D eigenvalue weighted by Gasteiger charge is 2.07. The van der Waals surface area contributed by atoms with Crippen molar-refractivity contribution in [2.45, 2.75) is 45.8 Å². The van der Waals surface area contributed by atoms with Crippen LogP contribution in [-0.2, 0) is 11.3 Å². The Morgan fingerprint density at radius 2 is 2.05 bits per heavy atom. The van der Waals surface area contributed by atoms with Gasteiger partial charge in [0.15, 0.2) is 0 Å². The minimum Gasteiger partial charge on any atom is -0.492 e. The van der Waals surface area contributed by atoms with Crippen LogP contribution in [-0.4, -0.2) is 26.3 Å². The Kier molecular flexibility index (Phi) is 8.26. The molecule has 3 nitrogen and oxygen atoms in total. The Morgan fingerprint density at radius 3 is 2.74 bits per heavy atom. The van der Waals surface area contributed by atoms with Crippen molar-refractivity contribution in [2.24, 2.45) is 0 Å². The molecule has 0 fully saturated rings. The largest absolute Gasteiger partial charge is 0.492 e. The van der Waals surface area contributed by atoms with E-state index in [0.717, 1.165) is 37.3 Å². The first-order valence-electron chi connectivity index (χ1n) is 7.24. The van der Waals surface area contributed by atoms with E-state index >= 15 is 0 Å². The summed E-state index contributed by atoms with van der Waals surface area (Å²) < 4.78 is 11.0. The van der Waals surface area contributed by atoms with Crippen molar-refractivity contribution >= 4 is 0 Å². The third kappa shape index (κ3) is 6.60. The second kappa shape index (κ2) is 9.82. The van der Waals surface area contributed by atoms with Crippen molar-refractivity contribution < 1.29 is 9.47 Å². The van der Waals surface area contributed by atoms with Gasteiger partial charge in [-0.15, -0.1) is 0 Å². The molecule has 0 aliphatic carbocycles. The van der Waals surface area contributed by atoms with Crippen molar-refractivity contribution in [1.29, 1.82) is 0 Å². The van der Waals surface area contributed by atoms with Crippen LogP contribution in [0.2, 0.25) is 0 Å². The molecule has 3 heteroatoms. The van der Waals surface area contributed by atoms with Gasteiger partial charge >= 0.3 is 0 Å². The summed E-state index contributed by atoms with van der Waals surface area (Å²) in [4.78, 5) is 0. The molecule has 0 aliphatic heterocycles. The molecule has 0 bridgehead atoms. The number of rotatable bonds is 10. The van der Waals surface area contributed by atoms with Crippen LogP contribution in [0, 0.1) is 0 Å². The lowest BCUT2D eigenvalue weighted by Gasteiger charge is -2.18. The van der Waals surface area contributed by atoms with Gasteiger partial charge in [-0.1, -0.05) is 32.4 Å². The van der Waals surface area contributed by atoms with Crippen LogP contribution in [0.1, 0.15) is 38.7 Å². The minimum absolute atomic E-state index is 0.441. The zero-order valence-corrected chi connectivity index (χ0v) is 12.4. The first-order valence-corrected chi connectivity index (χ1v) is 7.24. The number of hydrogen-bond donors (Lipinski definition) is 1. The van der Waals surface area contributed by atoms with Gasteiger partial charge in [0.1, 0.15) is 12.4 Å². The average molecular weight is 265 g/mol. The standard InChI is InChI=1S/C16H27NO2/c1-4-7-15(17-10-5-2)13-19-16-9-6-8-14(11-16)12-18-3/h6,8-9,11,15,17H,4-5,7,10,12-13H2,1-3H3. The van der Waals surface area contributed by atoms with E-state index in [1.165, 1.54) is 6.42 Å². The highest BCUT2D eigenvalue weighted by Crippen LogP contribution is 2.14. The van der Waals surface area contributed by atoms with Gasteiger partial charge in [0.25, 0.3) is 0 Å². The zero-order valence-electron chi connectivity index (χ0n) is 12.4. The summed E-state index contributed by atoms with van der Waals surface area (Å²) >= 11 is 0. The Bertz CT molecular complexity index is 341. The predicted octanol–water partition coefficient (Wildman–Crippen LogP) is 3.38. The first kappa shape index (κ1) is 16.0. The molecule has 0 aromatic heterocycles. The molecule has 1 aromatic rings. The normalized spacial score (nSPS) is 12.4. The van der Waals surface area contributed by atoms with Crippen LogP contribution in [0.4, 0.5) is 0 Å². The molecule has 1 N–H and O–H groups in total. The lowest BCUT2D eigenvalue weighted by Crippen LogP contribution is -2.35.